The summed E-state index contributed by atoms with van der Waals surface area (Å²) in [5, 5.41) is 0. The Bertz CT molecular complexity index is 473. The quantitative estimate of drug-likeness (QED) is 0.328. The zero-order valence-corrected chi connectivity index (χ0v) is 16.7. The van der Waals surface area contributed by atoms with E-state index in [1.165, 1.54) is 44.9 Å². The van der Waals surface area contributed by atoms with E-state index in [1.807, 2.05) is 24.3 Å². The molecule has 0 aromatic heterocycles. The smallest absolute Gasteiger partial charge is 0.327 e. The predicted molar refractivity (Wildman–Crippen MR) is 107 cm³/mol. The molecule has 0 saturated carbocycles. The van der Waals surface area contributed by atoms with Gasteiger partial charge in [0.2, 0.25) is 0 Å². The number of nitrogens with two attached hydrogens (primary N) is 1. The standard InChI is InChI=1S/C22H37NO3/c1-3-5-7-9-10-12-18-26-22(24)21(23)19-13-15-20(16-14-19)25-17-11-8-6-4-2/h13-16,21H,3-12,17-18,23H2,1-2H3. The summed E-state index contributed by atoms with van der Waals surface area (Å²) in [6, 6.07) is 6.70. The average molecular weight is 364 g/mol. The fraction of sp³-hybridized carbons (Fsp3) is 0.682. The molecular weight excluding hydrogens is 326 g/mol. The maximum absolute atomic E-state index is 12.1. The van der Waals surface area contributed by atoms with Crippen molar-refractivity contribution in [1.29, 1.82) is 0 Å². The van der Waals surface area contributed by atoms with Crippen molar-refractivity contribution < 1.29 is 14.3 Å². The van der Waals surface area contributed by atoms with Crippen molar-refractivity contribution in [2.24, 2.45) is 5.73 Å². The van der Waals surface area contributed by atoms with Crippen LogP contribution in [-0.2, 0) is 9.53 Å². The lowest BCUT2D eigenvalue weighted by atomic mass is 10.1. The number of benzene rings is 1. The van der Waals surface area contributed by atoms with Crippen LogP contribution in [0.2, 0.25) is 0 Å². The van der Waals surface area contributed by atoms with Gasteiger partial charge in [-0.25, -0.2) is 4.79 Å². The Morgan fingerprint density at radius 1 is 0.846 bits per heavy atom. The highest BCUT2D eigenvalue weighted by atomic mass is 16.5. The maximum Gasteiger partial charge on any atom is 0.327 e. The van der Waals surface area contributed by atoms with Gasteiger partial charge in [0, 0.05) is 0 Å². The lowest BCUT2D eigenvalue weighted by Gasteiger charge is -2.13. The van der Waals surface area contributed by atoms with Crippen LogP contribution in [0, 0.1) is 0 Å². The van der Waals surface area contributed by atoms with E-state index in [0.717, 1.165) is 37.2 Å². The minimum atomic E-state index is -0.728. The minimum Gasteiger partial charge on any atom is -0.494 e. The van der Waals surface area contributed by atoms with E-state index < -0.39 is 6.04 Å². The maximum atomic E-state index is 12.1. The molecule has 2 N–H and O–H groups in total. The van der Waals surface area contributed by atoms with E-state index >= 15 is 0 Å². The summed E-state index contributed by atoms with van der Waals surface area (Å²) in [7, 11) is 0. The van der Waals surface area contributed by atoms with Crippen LogP contribution in [0.15, 0.2) is 24.3 Å². The van der Waals surface area contributed by atoms with Gasteiger partial charge in [0.1, 0.15) is 11.8 Å². The molecule has 0 spiro atoms. The van der Waals surface area contributed by atoms with Crippen molar-refractivity contribution in [3.8, 4) is 5.75 Å². The molecule has 0 heterocycles. The SMILES string of the molecule is CCCCCCCCOC(=O)C(N)c1ccc(OCCCCCC)cc1. The topological polar surface area (TPSA) is 61.5 Å². The van der Waals surface area contributed by atoms with Crippen molar-refractivity contribution in [2.45, 2.75) is 84.1 Å². The number of carbonyl (C=O) groups is 1. The predicted octanol–water partition coefficient (Wildman–Crippen LogP) is 5.55. The van der Waals surface area contributed by atoms with Gasteiger partial charge < -0.3 is 15.2 Å². The second-order valence-electron chi connectivity index (χ2n) is 6.89. The van der Waals surface area contributed by atoms with Crippen molar-refractivity contribution >= 4 is 5.97 Å². The molecule has 1 aromatic carbocycles. The van der Waals surface area contributed by atoms with E-state index in [1.54, 1.807) is 0 Å². The van der Waals surface area contributed by atoms with Gasteiger partial charge in [-0.2, -0.15) is 0 Å². The molecule has 0 aliphatic carbocycles. The molecule has 0 fully saturated rings. The molecule has 0 aliphatic rings. The van der Waals surface area contributed by atoms with Crippen molar-refractivity contribution in [1.82, 2.24) is 0 Å². The first-order chi connectivity index (χ1) is 12.7. The number of carbonyl (C=O) groups excluding carboxylic acids is 1. The van der Waals surface area contributed by atoms with Crippen LogP contribution in [0.1, 0.15) is 89.7 Å². The van der Waals surface area contributed by atoms with Crippen LogP contribution in [0.4, 0.5) is 0 Å². The van der Waals surface area contributed by atoms with E-state index in [0.29, 0.717) is 6.61 Å². The minimum absolute atomic E-state index is 0.355. The normalized spacial score (nSPS) is 12.0. The lowest BCUT2D eigenvalue weighted by molar-refractivity contribution is -0.145. The molecule has 0 saturated heterocycles. The third-order valence-electron chi connectivity index (χ3n) is 4.50. The van der Waals surface area contributed by atoms with E-state index in [9.17, 15) is 4.79 Å². The summed E-state index contributed by atoms with van der Waals surface area (Å²) in [5.41, 5.74) is 6.77. The van der Waals surface area contributed by atoms with Crippen molar-refractivity contribution in [3.63, 3.8) is 0 Å². The van der Waals surface area contributed by atoms with E-state index in [-0.39, 0.29) is 5.97 Å². The number of esters is 1. The largest absolute Gasteiger partial charge is 0.494 e. The van der Waals surface area contributed by atoms with Gasteiger partial charge >= 0.3 is 5.97 Å². The van der Waals surface area contributed by atoms with Gasteiger partial charge in [-0.3, -0.25) is 0 Å². The molecular formula is C22H37NO3. The van der Waals surface area contributed by atoms with Crippen LogP contribution in [-0.4, -0.2) is 19.2 Å². The molecule has 1 unspecified atom stereocenters. The first-order valence-corrected chi connectivity index (χ1v) is 10.3. The molecule has 1 aromatic rings. The first kappa shape index (κ1) is 22.5. The van der Waals surface area contributed by atoms with Gasteiger partial charge in [0.05, 0.1) is 13.2 Å². The first-order valence-electron chi connectivity index (χ1n) is 10.3. The molecule has 1 atom stereocenters. The number of hydrogen-bond acceptors (Lipinski definition) is 4. The van der Waals surface area contributed by atoms with Gasteiger partial charge in [0.15, 0.2) is 0 Å². The Morgan fingerprint density at radius 2 is 1.38 bits per heavy atom. The zero-order valence-electron chi connectivity index (χ0n) is 16.7. The van der Waals surface area contributed by atoms with Crippen LogP contribution in [0.25, 0.3) is 0 Å². The Morgan fingerprint density at radius 3 is 2.04 bits per heavy atom. The number of rotatable bonds is 15. The molecule has 148 valence electrons. The van der Waals surface area contributed by atoms with Crippen molar-refractivity contribution in [2.75, 3.05) is 13.2 Å². The fourth-order valence-corrected chi connectivity index (χ4v) is 2.77. The molecule has 26 heavy (non-hydrogen) atoms. The van der Waals surface area contributed by atoms with E-state index in [2.05, 4.69) is 13.8 Å². The summed E-state index contributed by atoms with van der Waals surface area (Å²) in [6.07, 6.45) is 11.7. The third kappa shape index (κ3) is 9.81. The molecule has 0 amide bonds. The number of hydrogen-bond donors (Lipinski definition) is 1. The van der Waals surface area contributed by atoms with Gasteiger partial charge in [0.25, 0.3) is 0 Å². The van der Waals surface area contributed by atoms with Crippen LogP contribution in [0.3, 0.4) is 0 Å². The van der Waals surface area contributed by atoms with Crippen LogP contribution in [0.5, 0.6) is 5.75 Å². The Kier molecular flexibility index (Phi) is 12.6. The van der Waals surface area contributed by atoms with Crippen molar-refractivity contribution in [3.05, 3.63) is 29.8 Å². The lowest BCUT2D eigenvalue weighted by Crippen LogP contribution is -2.24. The highest BCUT2D eigenvalue weighted by Crippen LogP contribution is 2.18. The molecule has 4 heteroatoms. The number of unbranched alkanes of at least 4 members (excludes halogenated alkanes) is 8. The highest BCUT2D eigenvalue weighted by molar-refractivity contribution is 5.77. The Hall–Kier alpha value is -1.55. The second-order valence-corrected chi connectivity index (χ2v) is 6.89. The summed E-state index contributed by atoms with van der Waals surface area (Å²) in [4.78, 5) is 12.1. The highest BCUT2D eigenvalue weighted by Gasteiger charge is 2.17. The fourth-order valence-electron chi connectivity index (χ4n) is 2.77. The van der Waals surface area contributed by atoms with E-state index in [4.69, 9.17) is 15.2 Å². The summed E-state index contributed by atoms with van der Waals surface area (Å²) < 4.78 is 11.0. The van der Waals surface area contributed by atoms with Gasteiger partial charge in [-0.05, 0) is 30.5 Å². The molecule has 0 bridgehead atoms. The summed E-state index contributed by atoms with van der Waals surface area (Å²) in [5.74, 6) is 0.463. The van der Waals surface area contributed by atoms with Gasteiger partial charge in [-0.1, -0.05) is 77.3 Å². The molecule has 0 aliphatic heterocycles. The molecule has 1 rings (SSSR count). The Balaban J connectivity index is 2.24. The van der Waals surface area contributed by atoms with Crippen LogP contribution >= 0.6 is 0 Å². The second kappa shape index (κ2) is 14.6. The summed E-state index contributed by atoms with van der Waals surface area (Å²) in [6.45, 7) is 5.58. The summed E-state index contributed by atoms with van der Waals surface area (Å²) >= 11 is 0. The monoisotopic (exact) mass is 363 g/mol. The molecule has 4 nitrogen and oxygen atoms in total. The van der Waals surface area contributed by atoms with Gasteiger partial charge in [-0.15, -0.1) is 0 Å². The molecule has 0 radical (unpaired) electrons. The average Bonchev–Trinajstić information content (AvgIpc) is 2.67. The van der Waals surface area contributed by atoms with Crippen LogP contribution < -0.4 is 10.5 Å². The third-order valence-corrected chi connectivity index (χ3v) is 4.50. The Labute approximate surface area is 159 Å². The number of ether oxygens (including phenoxy) is 2. The zero-order chi connectivity index (χ0) is 19.0.